The fraction of sp³-hybridized carbons (Fsp3) is 0.333. The Morgan fingerprint density at radius 3 is 2.86 bits per heavy atom. The van der Waals surface area contributed by atoms with E-state index in [-0.39, 0.29) is 11.0 Å². The minimum Gasteiger partial charge on any atom is -0.490 e. The molecule has 0 bridgehead atoms. The summed E-state index contributed by atoms with van der Waals surface area (Å²) in [5, 5.41) is 0. The predicted octanol–water partition coefficient (Wildman–Crippen LogP) is 1.94. The minimum atomic E-state index is -3.65. The molecule has 0 N–H and O–H groups in total. The molecule has 76 valence electrons. The second kappa shape index (κ2) is 3.14. The van der Waals surface area contributed by atoms with Gasteiger partial charge in [0.2, 0.25) is 0 Å². The van der Waals surface area contributed by atoms with Gasteiger partial charge in [0.05, 0.1) is 4.90 Å². The fourth-order valence-electron chi connectivity index (χ4n) is 1.53. The van der Waals surface area contributed by atoms with Crippen molar-refractivity contribution in [2.45, 2.75) is 24.3 Å². The Hall–Kier alpha value is -0.740. The molecule has 2 rings (SSSR count). The van der Waals surface area contributed by atoms with E-state index >= 15 is 0 Å². The summed E-state index contributed by atoms with van der Waals surface area (Å²) < 4.78 is 27.5. The van der Waals surface area contributed by atoms with Gasteiger partial charge in [-0.2, -0.15) is 0 Å². The summed E-state index contributed by atoms with van der Waals surface area (Å²) in [6.45, 7) is 1.94. The Morgan fingerprint density at radius 1 is 1.50 bits per heavy atom. The molecule has 0 fully saturated rings. The SMILES string of the molecule is CC1Cc2ccc(S(=O)(=O)Cl)cc2O1. The zero-order valence-electron chi connectivity index (χ0n) is 7.53. The van der Waals surface area contributed by atoms with Crippen LogP contribution < -0.4 is 4.74 Å². The van der Waals surface area contributed by atoms with Gasteiger partial charge in [-0.3, -0.25) is 0 Å². The summed E-state index contributed by atoms with van der Waals surface area (Å²) in [5.74, 6) is 0.624. The summed E-state index contributed by atoms with van der Waals surface area (Å²) in [6, 6.07) is 4.72. The molecule has 0 aliphatic carbocycles. The minimum absolute atomic E-state index is 0.0898. The van der Waals surface area contributed by atoms with Gasteiger partial charge in [0.25, 0.3) is 9.05 Å². The molecule has 0 saturated heterocycles. The maximum Gasteiger partial charge on any atom is 0.261 e. The van der Waals surface area contributed by atoms with Crippen LogP contribution in [0.25, 0.3) is 0 Å². The van der Waals surface area contributed by atoms with E-state index in [4.69, 9.17) is 15.4 Å². The molecular weight excluding hydrogens is 224 g/mol. The largest absolute Gasteiger partial charge is 0.490 e. The van der Waals surface area contributed by atoms with Crippen molar-refractivity contribution in [3.8, 4) is 5.75 Å². The van der Waals surface area contributed by atoms with Crippen molar-refractivity contribution in [2.24, 2.45) is 0 Å². The standard InChI is InChI=1S/C9H9ClO3S/c1-6-4-7-2-3-8(14(10,11)12)5-9(7)13-6/h2-3,5-6H,4H2,1H3. The maximum absolute atomic E-state index is 11.0. The van der Waals surface area contributed by atoms with E-state index in [0.29, 0.717) is 5.75 Å². The molecule has 1 aromatic carbocycles. The fourth-order valence-corrected chi connectivity index (χ4v) is 2.30. The molecule has 1 aliphatic heterocycles. The Balaban J connectivity index is 2.48. The van der Waals surface area contributed by atoms with Gasteiger partial charge in [0, 0.05) is 23.2 Å². The zero-order chi connectivity index (χ0) is 10.3. The summed E-state index contributed by atoms with van der Waals surface area (Å²) >= 11 is 0. The lowest BCUT2D eigenvalue weighted by molar-refractivity contribution is 0.254. The van der Waals surface area contributed by atoms with Gasteiger partial charge < -0.3 is 4.74 Å². The molecule has 0 radical (unpaired) electrons. The number of ether oxygens (including phenoxy) is 1. The van der Waals surface area contributed by atoms with Crippen LogP contribution in [0.2, 0.25) is 0 Å². The predicted molar refractivity (Wildman–Crippen MR) is 53.3 cm³/mol. The van der Waals surface area contributed by atoms with Crippen molar-refractivity contribution in [3.63, 3.8) is 0 Å². The lowest BCUT2D eigenvalue weighted by Gasteiger charge is -2.03. The molecule has 1 aliphatic rings. The molecule has 1 aromatic rings. The van der Waals surface area contributed by atoms with E-state index in [0.717, 1.165) is 12.0 Å². The van der Waals surface area contributed by atoms with E-state index in [1.807, 2.05) is 6.92 Å². The summed E-state index contributed by atoms with van der Waals surface area (Å²) in [5.41, 5.74) is 1.03. The van der Waals surface area contributed by atoms with Crippen LogP contribution in [0.3, 0.4) is 0 Å². The first-order valence-electron chi connectivity index (χ1n) is 4.21. The molecular formula is C9H9ClO3S. The van der Waals surface area contributed by atoms with Crippen LogP contribution >= 0.6 is 10.7 Å². The van der Waals surface area contributed by atoms with E-state index in [1.54, 1.807) is 6.07 Å². The zero-order valence-corrected chi connectivity index (χ0v) is 9.10. The second-order valence-corrected chi connectivity index (χ2v) is 5.91. The van der Waals surface area contributed by atoms with Crippen LogP contribution in [-0.4, -0.2) is 14.5 Å². The van der Waals surface area contributed by atoms with Gasteiger partial charge in [-0.25, -0.2) is 8.42 Å². The van der Waals surface area contributed by atoms with Crippen LogP contribution in [0.1, 0.15) is 12.5 Å². The van der Waals surface area contributed by atoms with E-state index in [9.17, 15) is 8.42 Å². The first-order chi connectivity index (χ1) is 6.47. The molecule has 0 saturated carbocycles. The first-order valence-corrected chi connectivity index (χ1v) is 6.52. The van der Waals surface area contributed by atoms with Crippen molar-refractivity contribution in [1.82, 2.24) is 0 Å². The van der Waals surface area contributed by atoms with Crippen LogP contribution in [0.5, 0.6) is 5.75 Å². The Kier molecular flexibility index (Phi) is 2.20. The lowest BCUT2D eigenvalue weighted by Crippen LogP contribution is -2.05. The van der Waals surface area contributed by atoms with Gasteiger partial charge in [-0.05, 0) is 18.6 Å². The Bertz CT molecular complexity index is 467. The molecule has 0 amide bonds. The van der Waals surface area contributed by atoms with Gasteiger partial charge in [0.1, 0.15) is 11.9 Å². The highest BCUT2D eigenvalue weighted by Crippen LogP contribution is 2.31. The average molecular weight is 233 g/mol. The number of hydrogen-bond acceptors (Lipinski definition) is 3. The maximum atomic E-state index is 11.0. The lowest BCUT2D eigenvalue weighted by atomic mass is 10.1. The molecule has 1 heterocycles. The number of rotatable bonds is 1. The van der Waals surface area contributed by atoms with Crippen molar-refractivity contribution < 1.29 is 13.2 Å². The number of benzene rings is 1. The van der Waals surface area contributed by atoms with Gasteiger partial charge in [-0.15, -0.1) is 0 Å². The third kappa shape index (κ3) is 1.72. The summed E-state index contributed by atoms with van der Waals surface area (Å²) in [7, 11) is 1.56. The van der Waals surface area contributed by atoms with Crippen LogP contribution in [0.15, 0.2) is 23.1 Å². The molecule has 0 aromatic heterocycles. The van der Waals surface area contributed by atoms with Crippen molar-refractivity contribution in [2.75, 3.05) is 0 Å². The smallest absolute Gasteiger partial charge is 0.261 e. The number of halogens is 1. The number of hydrogen-bond donors (Lipinski definition) is 0. The third-order valence-electron chi connectivity index (χ3n) is 2.16. The molecule has 0 spiro atoms. The highest BCUT2D eigenvalue weighted by molar-refractivity contribution is 8.13. The normalized spacial score (nSPS) is 20.3. The number of fused-ring (bicyclic) bond motifs is 1. The quantitative estimate of drug-likeness (QED) is 0.695. The third-order valence-corrected chi connectivity index (χ3v) is 3.51. The highest BCUT2D eigenvalue weighted by atomic mass is 35.7. The molecule has 5 heteroatoms. The molecule has 3 nitrogen and oxygen atoms in total. The summed E-state index contributed by atoms with van der Waals surface area (Å²) in [6.07, 6.45) is 0.927. The van der Waals surface area contributed by atoms with Gasteiger partial charge in [-0.1, -0.05) is 6.07 Å². The first kappa shape index (κ1) is 9.80. The highest BCUT2D eigenvalue weighted by Gasteiger charge is 2.21. The second-order valence-electron chi connectivity index (χ2n) is 3.34. The Morgan fingerprint density at radius 2 is 2.21 bits per heavy atom. The van der Waals surface area contributed by atoms with E-state index in [2.05, 4.69) is 0 Å². The molecule has 1 atom stereocenters. The topological polar surface area (TPSA) is 43.4 Å². The van der Waals surface area contributed by atoms with Crippen molar-refractivity contribution in [3.05, 3.63) is 23.8 Å². The van der Waals surface area contributed by atoms with Crippen molar-refractivity contribution in [1.29, 1.82) is 0 Å². The van der Waals surface area contributed by atoms with E-state index < -0.39 is 9.05 Å². The average Bonchev–Trinajstić information content (AvgIpc) is 2.41. The van der Waals surface area contributed by atoms with Crippen LogP contribution in [0.4, 0.5) is 0 Å². The van der Waals surface area contributed by atoms with E-state index in [1.165, 1.54) is 12.1 Å². The van der Waals surface area contributed by atoms with Crippen LogP contribution in [0, 0.1) is 0 Å². The molecule has 14 heavy (non-hydrogen) atoms. The monoisotopic (exact) mass is 232 g/mol. The van der Waals surface area contributed by atoms with Gasteiger partial charge >= 0.3 is 0 Å². The van der Waals surface area contributed by atoms with Gasteiger partial charge in [0.15, 0.2) is 0 Å². The Labute approximate surface area is 87.1 Å². The van der Waals surface area contributed by atoms with Crippen LogP contribution in [-0.2, 0) is 15.5 Å². The molecule has 1 unspecified atom stereocenters. The van der Waals surface area contributed by atoms with Crippen molar-refractivity contribution >= 4 is 19.7 Å². The summed E-state index contributed by atoms with van der Waals surface area (Å²) in [4.78, 5) is 0.0898.